The van der Waals surface area contributed by atoms with E-state index in [-0.39, 0.29) is 44.3 Å². The molecule has 0 fully saturated rings. The standard InChI is InChI=1S/C41H53N5O7S/c1-5-27(4)36(22-47)43-38(49)21-37(48)33(18-26(2)3)44-40(51)35(20-31-24-54-25-42-31)45-39(50)34(46-41(52)53-23-28-12-7-6-8-13-28)19-30-16-11-15-29-14-9-10-17-32(29)30/h6-17,24-27,33-37,47-48H,5,18-23H2,1-4H3,(H,43,49)(H,44,51)(H,45,50)(H,46,52)/t27-,33-,34-,35?,36+,37-/m0/s1. The van der Waals surface area contributed by atoms with Gasteiger partial charge in [0.2, 0.25) is 17.7 Å². The molecule has 54 heavy (non-hydrogen) atoms. The number of rotatable bonds is 20. The largest absolute Gasteiger partial charge is 0.445 e. The molecular weight excluding hydrogens is 707 g/mol. The van der Waals surface area contributed by atoms with Gasteiger partial charge in [-0.15, -0.1) is 11.3 Å². The highest BCUT2D eigenvalue weighted by molar-refractivity contribution is 7.07. The molecule has 0 aliphatic rings. The van der Waals surface area contributed by atoms with Gasteiger partial charge in [-0.1, -0.05) is 107 Å². The number of hydrogen-bond donors (Lipinski definition) is 6. The van der Waals surface area contributed by atoms with Crippen LogP contribution in [0.2, 0.25) is 0 Å². The van der Waals surface area contributed by atoms with Crippen LogP contribution >= 0.6 is 11.3 Å². The van der Waals surface area contributed by atoms with E-state index in [1.54, 1.807) is 10.9 Å². The number of hydrogen-bond acceptors (Lipinski definition) is 9. The molecule has 4 amide bonds. The van der Waals surface area contributed by atoms with E-state index in [1.807, 2.05) is 100 Å². The number of carbonyl (C=O) groups is 4. The molecule has 4 rings (SSSR count). The molecule has 0 bridgehead atoms. The Morgan fingerprint density at radius 1 is 0.815 bits per heavy atom. The molecule has 0 saturated carbocycles. The first-order valence-electron chi connectivity index (χ1n) is 18.5. The van der Waals surface area contributed by atoms with Gasteiger partial charge in [0, 0.05) is 18.2 Å². The van der Waals surface area contributed by atoms with Gasteiger partial charge in [0.05, 0.1) is 42.4 Å². The van der Waals surface area contributed by atoms with Crippen molar-refractivity contribution in [2.45, 2.75) is 96.7 Å². The minimum atomic E-state index is -1.25. The van der Waals surface area contributed by atoms with E-state index in [0.717, 1.165) is 28.3 Å². The third-order valence-corrected chi connectivity index (χ3v) is 10.1. The average molecular weight is 760 g/mol. The predicted molar refractivity (Wildman–Crippen MR) is 209 cm³/mol. The molecule has 1 aromatic heterocycles. The number of aliphatic hydroxyl groups excluding tert-OH is 2. The highest BCUT2D eigenvalue weighted by Crippen LogP contribution is 2.21. The zero-order valence-electron chi connectivity index (χ0n) is 31.4. The second-order valence-corrected chi connectivity index (χ2v) is 14.8. The smallest absolute Gasteiger partial charge is 0.408 e. The summed E-state index contributed by atoms with van der Waals surface area (Å²) in [6, 6.07) is 19.1. The molecule has 4 aromatic rings. The number of nitrogens with one attached hydrogen (secondary N) is 4. The summed E-state index contributed by atoms with van der Waals surface area (Å²) in [6.07, 6.45) is -1.09. The minimum absolute atomic E-state index is 0.0000112. The van der Waals surface area contributed by atoms with Crippen LogP contribution in [0.1, 0.15) is 63.8 Å². The molecule has 12 nitrogen and oxygen atoms in total. The first kappa shape index (κ1) is 41.9. The van der Waals surface area contributed by atoms with Crippen molar-refractivity contribution in [3.8, 4) is 0 Å². The summed E-state index contributed by atoms with van der Waals surface area (Å²) >= 11 is 1.35. The van der Waals surface area contributed by atoms with Crippen molar-refractivity contribution in [3.63, 3.8) is 0 Å². The summed E-state index contributed by atoms with van der Waals surface area (Å²) in [4.78, 5) is 58.7. The van der Waals surface area contributed by atoms with Gasteiger partial charge in [-0.25, -0.2) is 9.78 Å². The van der Waals surface area contributed by atoms with Crippen LogP contribution < -0.4 is 21.3 Å². The van der Waals surface area contributed by atoms with Crippen LogP contribution in [0.25, 0.3) is 10.8 Å². The number of benzene rings is 3. The van der Waals surface area contributed by atoms with E-state index in [4.69, 9.17) is 4.74 Å². The van der Waals surface area contributed by atoms with Gasteiger partial charge >= 0.3 is 6.09 Å². The SMILES string of the molecule is CC[C@H](C)[C@@H](CO)NC(=O)C[C@H](O)[C@H](CC(C)C)NC(=O)C(Cc1cscn1)NC(=O)[C@H](Cc1cccc2ccccc12)NC(=O)OCc1ccccc1. The highest BCUT2D eigenvalue weighted by Gasteiger charge is 2.32. The normalized spacial score (nSPS) is 14.6. The summed E-state index contributed by atoms with van der Waals surface area (Å²) in [6.45, 7) is 7.52. The van der Waals surface area contributed by atoms with Gasteiger partial charge in [-0.05, 0) is 40.2 Å². The molecular formula is C41H53N5O7S. The van der Waals surface area contributed by atoms with Crippen molar-refractivity contribution in [2.24, 2.45) is 11.8 Å². The highest BCUT2D eigenvalue weighted by atomic mass is 32.1. The Morgan fingerprint density at radius 2 is 1.50 bits per heavy atom. The maximum Gasteiger partial charge on any atom is 0.408 e. The van der Waals surface area contributed by atoms with E-state index in [9.17, 15) is 29.4 Å². The van der Waals surface area contributed by atoms with Crippen LogP contribution in [0.4, 0.5) is 4.79 Å². The van der Waals surface area contributed by atoms with Gasteiger partial charge < -0.3 is 36.2 Å². The second kappa shape index (κ2) is 21.1. The van der Waals surface area contributed by atoms with Gasteiger partial charge in [0.15, 0.2) is 0 Å². The average Bonchev–Trinajstić information content (AvgIpc) is 3.68. The van der Waals surface area contributed by atoms with Crippen molar-refractivity contribution in [1.29, 1.82) is 0 Å². The summed E-state index contributed by atoms with van der Waals surface area (Å²) in [5.41, 5.74) is 3.79. The number of alkyl carbamates (subject to hydrolysis) is 1. The van der Waals surface area contributed by atoms with Gasteiger partial charge in [0.1, 0.15) is 18.7 Å². The number of carbonyl (C=O) groups excluding carboxylic acids is 4. The predicted octanol–water partition coefficient (Wildman–Crippen LogP) is 4.67. The fraction of sp³-hybridized carbons (Fsp3) is 0.439. The summed E-state index contributed by atoms with van der Waals surface area (Å²) in [5, 5.41) is 36.0. The molecule has 13 heteroatoms. The van der Waals surface area contributed by atoms with Crippen molar-refractivity contribution < 1.29 is 34.1 Å². The van der Waals surface area contributed by atoms with Crippen LogP contribution in [-0.2, 0) is 38.6 Å². The number of thiazole rings is 1. The molecule has 0 spiro atoms. The Morgan fingerprint density at radius 3 is 2.19 bits per heavy atom. The molecule has 0 aliphatic carbocycles. The molecule has 1 unspecified atom stereocenters. The second-order valence-electron chi connectivity index (χ2n) is 14.1. The van der Waals surface area contributed by atoms with E-state index < -0.39 is 54.1 Å². The number of nitrogens with zero attached hydrogens (tertiary/aromatic N) is 1. The van der Waals surface area contributed by atoms with Crippen molar-refractivity contribution in [1.82, 2.24) is 26.3 Å². The number of ether oxygens (including phenoxy) is 1. The molecule has 3 aromatic carbocycles. The fourth-order valence-electron chi connectivity index (χ4n) is 6.19. The zero-order valence-corrected chi connectivity index (χ0v) is 32.2. The quantitative estimate of drug-likeness (QED) is 0.0753. The molecule has 0 radical (unpaired) electrons. The monoisotopic (exact) mass is 759 g/mol. The van der Waals surface area contributed by atoms with Crippen LogP contribution in [0.15, 0.2) is 83.7 Å². The van der Waals surface area contributed by atoms with Crippen molar-refractivity contribution in [3.05, 3.63) is 101 Å². The summed E-state index contributed by atoms with van der Waals surface area (Å²) in [7, 11) is 0. The van der Waals surface area contributed by atoms with E-state index in [1.165, 1.54) is 11.3 Å². The minimum Gasteiger partial charge on any atom is -0.445 e. The molecule has 1 heterocycles. The van der Waals surface area contributed by atoms with Gasteiger partial charge in [0.25, 0.3) is 0 Å². The number of aromatic nitrogens is 1. The first-order chi connectivity index (χ1) is 26.0. The Balaban J connectivity index is 1.55. The molecule has 6 atom stereocenters. The Hall–Kier alpha value is -4.85. The van der Waals surface area contributed by atoms with Crippen LogP contribution in [0.3, 0.4) is 0 Å². The van der Waals surface area contributed by atoms with Crippen LogP contribution in [0, 0.1) is 11.8 Å². The molecule has 290 valence electrons. The zero-order chi connectivity index (χ0) is 39.0. The lowest BCUT2D eigenvalue weighted by atomic mass is 9.95. The molecule has 0 aliphatic heterocycles. The van der Waals surface area contributed by atoms with Gasteiger partial charge in [-0.3, -0.25) is 14.4 Å². The Labute approximate surface area is 321 Å². The Kier molecular flexibility index (Phi) is 16.4. The number of fused-ring (bicyclic) bond motifs is 1. The molecule has 6 N–H and O–H groups in total. The summed E-state index contributed by atoms with van der Waals surface area (Å²) < 4.78 is 5.48. The first-order valence-corrected chi connectivity index (χ1v) is 19.4. The van der Waals surface area contributed by atoms with Crippen molar-refractivity contribution >= 4 is 45.9 Å². The van der Waals surface area contributed by atoms with Crippen LogP contribution in [-0.4, -0.2) is 75.9 Å². The third-order valence-electron chi connectivity index (χ3n) is 9.44. The third kappa shape index (κ3) is 12.9. The lowest BCUT2D eigenvalue weighted by Crippen LogP contribution is -2.57. The maximum atomic E-state index is 14.2. The molecule has 0 saturated heterocycles. The summed E-state index contributed by atoms with van der Waals surface area (Å²) in [5.74, 6) is -1.57. The van der Waals surface area contributed by atoms with E-state index in [2.05, 4.69) is 26.3 Å². The number of amides is 4. The lowest BCUT2D eigenvalue weighted by molar-refractivity contribution is -0.131. The lowest BCUT2D eigenvalue weighted by Gasteiger charge is -2.29. The van der Waals surface area contributed by atoms with E-state index in [0.29, 0.717) is 12.1 Å². The number of aliphatic hydroxyl groups is 2. The van der Waals surface area contributed by atoms with Gasteiger partial charge in [-0.2, -0.15) is 0 Å². The maximum absolute atomic E-state index is 14.2. The van der Waals surface area contributed by atoms with Crippen LogP contribution in [0.5, 0.6) is 0 Å². The Bertz CT molecular complexity index is 1780. The fourth-order valence-corrected chi connectivity index (χ4v) is 6.76. The van der Waals surface area contributed by atoms with E-state index >= 15 is 0 Å². The van der Waals surface area contributed by atoms with Crippen molar-refractivity contribution in [2.75, 3.05) is 6.61 Å². The topological polar surface area (TPSA) is 179 Å².